The molecule has 0 unspecified atom stereocenters. The Bertz CT molecular complexity index is 1170. The van der Waals surface area contributed by atoms with Gasteiger partial charge >= 0.3 is 0 Å². The predicted molar refractivity (Wildman–Crippen MR) is 123 cm³/mol. The van der Waals surface area contributed by atoms with Gasteiger partial charge in [-0.3, -0.25) is 9.78 Å². The standard InChI is InChI=1S/C25H28N4O4/c1-25(15-22(27-33-25)19-5-7-20(31-2)8-6-19)24(30)29-12-13-32-17-18(16-29)14-21-23-4-3-10-28(23)11-9-26-21/h3-11,18H,12-17H2,1-2H3/t18-,25+/m1/s1. The van der Waals surface area contributed by atoms with Crippen LogP contribution in [0.25, 0.3) is 5.52 Å². The van der Waals surface area contributed by atoms with Gasteiger partial charge in [-0.25, -0.2) is 0 Å². The molecule has 3 aromatic rings. The van der Waals surface area contributed by atoms with E-state index in [0.29, 0.717) is 32.7 Å². The molecule has 2 aromatic heterocycles. The van der Waals surface area contributed by atoms with Crippen molar-refractivity contribution < 1.29 is 19.1 Å². The monoisotopic (exact) mass is 448 g/mol. The molecule has 8 nitrogen and oxygen atoms in total. The molecule has 1 amide bonds. The van der Waals surface area contributed by atoms with Crippen molar-refractivity contribution in [1.29, 1.82) is 0 Å². The second kappa shape index (κ2) is 8.86. The summed E-state index contributed by atoms with van der Waals surface area (Å²) in [6.45, 7) is 4.05. The number of rotatable bonds is 5. The van der Waals surface area contributed by atoms with Crippen LogP contribution in [0.5, 0.6) is 5.75 Å². The number of ether oxygens (including phenoxy) is 2. The maximum absolute atomic E-state index is 13.6. The van der Waals surface area contributed by atoms with Crippen LogP contribution in [0.1, 0.15) is 24.6 Å². The van der Waals surface area contributed by atoms with E-state index in [2.05, 4.69) is 20.6 Å². The Labute approximate surface area is 192 Å². The van der Waals surface area contributed by atoms with Gasteiger partial charge in [-0.15, -0.1) is 0 Å². The first-order chi connectivity index (χ1) is 16.1. The summed E-state index contributed by atoms with van der Waals surface area (Å²) < 4.78 is 13.1. The summed E-state index contributed by atoms with van der Waals surface area (Å²) in [6, 6.07) is 11.7. The fraction of sp³-hybridized carbons (Fsp3) is 0.400. The van der Waals surface area contributed by atoms with E-state index in [1.54, 1.807) is 7.11 Å². The summed E-state index contributed by atoms with van der Waals surface area (Å²) in [5.74, 6) is 0.870. The number of hydrogen-bond acceptors (Lipinski definition) is 6. The zero-order valence-corrected chi connectivity index (χ0v) is 18.9. The molecule has 172 valence electrons. The van der Waals surface area contributed by atoms with E-state index in [1.807, 2.05) is 60.7 Å². The lowest BCUT2D eigenvalue weighted by molar-refractivity contribution is -0.153. The molecule has 0 N–H and O–H groups in total. The quantitative estimate of drug-likeness (QED) is 0.600. The van der Waals surface area contributed by atoms with E-state index < -0.39 is 5.60 Å². The van der Waals surface area contributed by atoms with Crippen LogP contribution >= 0.6 is 0 Å². The molecular weight excluding hydrogens is 420 g/mol. The predicted octanol–water partition coefficient (Wildman–Crippen LogP) is 2.94. The summed E-state index contributed by atoms with van der Waals surface area (Å²) in [5, 5.41) is 4.25. The number of aromatic nitrogens is 2. The third kappa shape index (κ3) is 4.30. The number of nitrogens with zero attached hydrogens (tertiary/aromatic N) is 4. The number of hydrogen-bond donors (Lipinski definition) is 0. The van der Waals surface area contributed by atoms with Crippen LogP contribution in [-0.4, -0.2) is 64.9 Å². The van der Waals surface area contributed by atoms with E-state index in [1.165, 1.54) is 0 Å². The summed E-state index contributed by atoms with van der Waals surface area (Å²) in [6.07, 6.45) is 6.93. The van der Waals surface area contributed by atoms with E-state index in [-0.39, 0.29) is 11.8 Å². The smallest absolute Gasteiger partial charge is 0.269 e. The molecule has 0 aliphatic carbocycles. The van der Waals surface area contributed by atoms with Crippen LogP contribution in [0.3, 0.4) is 0 Å². The van der Waals surface area contributed by atoms with Crippen LogP contribution in [0.4, 0.5) is 0 Å². The molecule has 2 aliphatic rings. The molecule has 1 aromatic carbocycles. The van der Waals surface area contributed by atoms with Crippen LogP contribution in [0, 0.1) is 5.92 Å². The van der Waals surface area contributed by atoms with E-state index in [0.717, 1.165) is 34.7 Å². The number of benzene rings is 1. The number of fused-ring (bicyclic) bond motifs is 1. The molecule has 8 heteroatoms. The largest absolute Gasteiger partial charge is 0.497 e. The van der Waals surface area contributed by atoms with Gasteiger partial charge in [0.15, 0.2) is 0 Å². The second-order valence-electron chi connectivity index (χ2n) is 8.84. The molecule has 0 spiro atoms. The fourth-order valence-electron chi connectivity index (χ4n) is 4.58. The van der Waals surface area contributed by atoms with Gasteiger partial charge in [0.1, 0.15) is 5.75 Å². The Morgan fingerprint density at radius 2 is 2.09 bits per heavy atom. The molecular formula is C25H28N4O4. The van der Waals surface area contributed by atoms with Crippen LogP contribution in [-0.2, 0) is 20.8 Å². The van der Waals surface area contributed by atoms with Crippen LogP contribution < -0.4 is 4.74 Å². The van der Waals surface area contributed by atoms with Crippen molar-refractivity contribution in [2.24, 2.45) is 11.1 Å². The van der Waals surface area contributed by atoms with E-state index >= 15 is 0 Å². The zero-order valence-electron chi connectivity index (χ0n) is 18.9. The summed E-state index contributed by atoms with van der Waals surface area (Å²) in [4.78, 5) is 25.7. The minimum atomic E-state index is -1.02. The SMILES string of the molecule is COc1ccc(C2=NO[C@](C)(C(=O)N3CCOC[C@H](Cc4nccn5cccc45)C3)C2)cc1. The summed E-state index contributed by atoms with van der Waals surface area (Å²) in [7, 11) is 1.63. The summed E-state index contributed by atoms with van der Waals surface area (Å²) in [5.41, 5.74) is 2.77. The van der Waals surface area contributed by atoms with Gasteiger partial charge in [-0.1, -0.05) is 5.16 Å². The Morgan fingerprint density at radius 1 is 1.24 bits per heavy atom. The fourth-order valence-corrected chi connectivity index (χ4v) is 4.58. The first-order valence-corrected chi connectivity index (χ1v) is 11.2. The molecule has 4 heterocycles. The van der Waals surface area contributed by atoms with Gasteiger partial charge in [0, 0.05) is 44.0 Å². The Morgan fingerprint density at radius 3 is 2.91 bits per heavy atom. The molecule has 5 rings (SSSR count). The van der Waals surface area contributed by atoms with Crippen molar-refractivity contribution in [2.45, 2.75) is 25.4 Å². The highest BCUT2D eigenvalue weighted by Gasteiger charge is 2.45. The van der Waals surface area contributed by atoms with Gasteiger partial charge in [0.2, 0.25) is 5.60 Å². The highest BCUT2D eigenvalue weighted by molar-refractivity contribution is 6.05. The molecule has 1 saturated heterocycles. The van der Waals surface area contributed by atoms with Gasteiger partial charge in [-0.2, -0.15) is 0 Å². The third-order valence-electron chi connectivity index (χ3n) is 6.38. The Kier molecular flexibility index (Phi) is 5.76. The molecule has 33 heavy (non-hydrogen) atoms. The lowest BCUT2D eigenvalue weighted by Crippen LogP contribution is -2.49. The molecule has 2 atom stereocenters. The first-order valence-electron chi connectivity index (χ1n) is 11.2. The lowest BCUT2D eigenvalue weighted by Gasteiger charge is -2.30. The van der Waals surface area contributed by atoms with Gasteiger partial charge < -0.3 is 23.6 Å². The number of carbonyl (C=O) groups is 1. The second-order valence-corrected chi connectivity index (χ2v) is 8.84. The van der Waals surface area contributed by atoms with Crippen molar-refractivity contribution in [3.63, 3.8) is 0 Å². The van der Waals surface area contributed by atoms with Crippen LogP contribution in [0.15, 0.2) is 60.1 Å². The Balaban J connectivity index is 1.28. The van der Waals surface area contributed by atoms with Crippen molar-refractivity contribution in [3.8, 4) is 5.75 Å². The topological polar surface area (TPSA) is 77.7 Å². The first kappa shape index (κ1) is 21.5. The van der Waals surface area contributed by atoms with Crippen molar-refractivity contribution in [2.75, 3.05) is 33.4 Å². The maximum Gasteiger partial charge on any atom is 0.269 e. The van der Waals surface area contributed by atoms with E-state index in [9.17, 15) is 4.79 Å². The number of amides is 1. The highest BCUT2D eigenvalue weighted by Crippen LogP contribution is 2.30. The van der Waals surface area contributed by atoms with Gasteiger partial charge in [0.05, 0.1) is 37.2 Å². The van der Waals surface area contributed by atoms with Crippen molar-refractivity contribution in [1.82, 2.24) is 14.3 Å². The number of methoxy groups -OCH3 is 1. The van der Waals surface area contributed by atoms with Crippen LogP contribution in [0.2, 0.25) is 0 Å². The zero-order chi connectivity index (χ0) is 22.8. The van der Waals surface area contributed by atoms with Gasteiger partial charge in [0.25, 0.3) is 5.91 Å². The maximum atomic E-state index is 13.6. The lowest BCUT2D eigenvalue weighted by atomic mass is 9.93. The highest BCUT2D eigenvalue weighted by atomic mass is 16.7. The average Bonchev–Trinajstić information content (AvgIpc) is 3.42. The van der Waals surface area contributed by atoms with E-state index in [4.69, 9.17) is 14.3 Å². The molecule has 0 saturated carbocycles. The van der Waals surface area contributed by atoms with Gasteiger partial charge in [-0.05, 0) is 55.3 Å². The normalized spacial score (nSPS) is 23.2. The van der Waals surface area contributed by atoms with Crippen molar-refractivity contribution >= 4 is 17.1 Å². The summed E-state index contributed by atoms with van der Waals surface area (Å²) >= 11 is 0. The minimum Gasteiger partial charge on any atom is -0.497 e. The molecule has 2 aliphatic heterocycles. The average molecular weight is 449 g/mol. The number of carbonyl (C=O) groups excluding carboxylic acids is 1. The molecule has 1 fully saturated rings. The third-order valence-corrected chi connectivity index (χ3v) is 6.38. The van der Waals surface area contributed by atoms with Crippen molar-refractivity contribution in [3.05, 3.63) is 66.2 Å². The minimum absolute atomic E-state index is 0.0564. The molecule has 0 bridgehead atoms. The number of oxime groups is 1. The molecule has 0 radical (unpaired) electrons. The Hall–Kier alpha value is -3.39.